The van der Waals surface area contributed by atoms with Gasteiger partial charge in [0.05, 0.1) is 11.9 Å². The summed E-state index contributed by atoms with van der Waals surface area (Å²) in [7, 11) is 0. The Bertz CT molecular complexity index is 370. The van der Waals surface area contributed by atoms with E-state index in [9.17, 15) is 0 Å². The second-order valence-corrected chi connectivity index (χ2v) is 6.68. The summed E-state index contributed by atoms with van der Waals surface area (Å²) in [5, 5.41) is 3.66. The van der Waals surface area contributed by atoms with Crippen LogP contribution in [-0.4, -0.2) is 24.1 Å². The van der Waals surface area contributed by atoms with Crippen molar-refractivity contribution in [2.24, 2.45) is 11.8 Å². The van der Waals surface area contributed by atoms with Crippen LogP contribution in [0.25, 0.3) is 0 Å². The second-order valence-electron chi connectivity index (χ2n) is 6.68. The van der Waals surface area contributed by atoms with Crippen LogP contribution in [0.2, 0.25) is 0 Å². The van der Waals surface area contributed by atoms with Crippen molar-refractivity contribution in [2.45, 2.75) is 60.4 Å². The van der Waals surface area contributed by atoms with Crippen molar-refractivity contribution in [2.75, 3.05) is 23.3 Å². The van der Waals surface area contributed by atoms with Crippen molar-refractivity contribution in [3.63, 3.8) is 0 Å². The van der Waals surface area contributed by atoms with Gasteiger partial charge in [-0.05, 0) is 50.7 Å². The molecule has 0 aliphatic heterocycles. The monoisotopic (exact) mass is 291 g/mol. The lowest BCUT2D eigenvalue weighted by molar-refractivity contribution is 0.442. The molecule has 120 valence electrons. The second kappa shape index (κ2) is 8.91. The van der Waals surface area contributed by atoms with Crippen molar-refractivity contribution in [3.8, 4) is 0 Å². The molecule has 0 aliphatic rings. The number of hydrogen-bond acceptors (Lipinski definition) is 3. The summed E-state index contributed by atoms with van der Waals surface area (Å²) >= 11 is 0. The van der Waals surface area contributed by atoms with Gasteiger partial charge in [-0.2, -0.15) is 0 Å². The summed E-state index contributed by atoms with van der Waals surface area (Å²) in [6, 6.07) is 4.82. The number of rotatable bonds is 9. The number of hydrogen-bond donors (Lipinski definition) is 1. The molecule has 1 aromatic rings. The predicted molar refractivity (Wildman–Crippen MR) is 94.1 cm³/mol. The lowest BCUT2D eigenvalue weighted by Crippen LogP contribution is -2.24. The Balaban J connectivity index is 2.70. The van der Waals surface area contributed by atoms with Crippen molar-refractivity contribution >= 4 is 11.5 Å². The van der Waals surface area contributed by atoms with Crippen LogP contribution in [0.15, 0.2) is 18.3 Å². The van der Waals surface area contributed by atoms with Gasteiger partial charge in [-0.15, -0.1) is 0 Å². The lowest BCUT2D eigenvalue weighted by atomic mass is 9.95. The smallest absolute Gasteiger partial charge is 0.128 e. The molecule has 0 saturated heterocycles. The van der Waals surface area contributed by atoms with Crippen LogP contribution >= 0.6 is 0 Å². The maximum atomic E-state index is 4.60. The molecule has 0 saturated carbocycles. The van der Waals surface area contributed by atoms with E-state index in [-0.39, 0.29) is 0 Å². The van der Waals surface area contributed by atoms with E-state index in [1.807, 2.05) is 6.20 Å². The highest BCUT2D eigenvalue weighted by Gasteiger charge is 2.13. The number of aromatic nitrogens is 1. The first-order valence-electron chi connectivity index (χ1n) is 8.43. The van der Waals surface area contributed by atoms with E-state index in [2.05, 4.69) is 68.9 Å². The van der Waals surface area contributed by atoms with E-state index in [1.54, 1.807) is 0 Å². The highest BCUT2D eigenvalue weighted by molar-refractivity contribution is 5.49. The highest BCUT2D eigenvalue weighted by atomic mass is 15.2. The molecule has 1 N–H and O–H groups in total. The van der Waals surface area contributed by atoms with Crippen molar-refractivity contribution in [1.29, 1.82) is 0 Å². The van der Waals surface area contributed by atoms with Crippen LogP contribution in [0.3, 0.4) is 0 Å². The molecule has 0 unspecified atom stereocenters. The first-order valence-corrected chi connectivity index (χ1v) is 8.43. The third kappa shape index (κ3) is 6.36. The largest absolute Gasteiger partial charge is 0.381 e. The van der Waals surface area contributed by atoms with E-state index < -0.39 is 0 Å². The van der Waals surface area contributed by atoms with Crippen LogP contribution in [0, 0.1) is 11.8 Å². The summed E-state index contributed by atoms with van der Waals surface area (Å²) in [6.07, 6.45) is 4.38. The maximum absolute atomic E-state index is 4.60. The standard InChI is InChI=1S/C18H33N3/c1-7-21(8-2)18-10-9-16(13-19-18)20-17(11-14(3)4)12-15(5)6/h9-10,13-15,17,20H,7-8,11-12H2,1-6H3. The van der Waals surface area contributed by atoms with Crippen molar-refractivity contribution < 1.29 is 0 Å². The molecule has 0 bridgehead atoms. The van der Waals surface area contributed by atoms with Gasteiger partial charge in [0, 0.05) is 19.1 Å². The summed E-state index contributed by atoms with van der Waals surface area (Å²) in [6.45, 7) is 15.5. The van der Waals surface area contributed by atoms with Gasteiger partial charge in [-0.3, -0.25) is 0 Å². The first-order chi connectivity index (χ1) is 9.96. The van der Waals surface area contributed by atoms with Crippen LogP contribution in [-0.2, 0) is 0 Å². The quantitative estimate of drug-likeness (QED) is 0.708. The lowest BCUT2D eigenvalue weighted by Gasteiger charge is -2.24. The zero-order valence-corrected chi connectivity index (χ0v) is 14.7. The normalized spacial score (nSPS) is 11.5. The molecule has 0 amide bonds. The van der Waals surface area contributed by atoms with E-state index in [0.717, 1.165) is 24.6 Å². The molecule has 21 heavy (non-hydrogen) atoms. The minimum absolute atomic E-state index is 0.533. The fraction of sp³-hybridized carbons (Fsp3) is 0.722. The zero-order valence-electron chi connectivity index (χ0n) is 14.7. The Labute approximate surface area is 131 Å². The van der Waals surface area contributed by atoms with Crippen LogP contribution in [0.4, 0.5) is 11.5 Å². The minimum atomic E-state index is 0.533. The Morgan fingerprint density at radius 3 is 1.95 bits per heavy atom. The van der Waals surface area contributed by atoms with Gasteiger partial charge in [0.2, 0.25) is 0 Å². The first kappa shape index (κ1) is 17.8. The maximum Gasteiger partial charge on any atom is 0.128 e. The number of nitrogens with zero attached hydrogens (tertiary/aromatic N) is 2. The average molecular weight is 291 g/mol. The topological polar surface area (TPSA) is 28.2 Å². The minimum Gasteiger partial charge on any atom is -0.381 e. The summed E-state index contributed by atoms with van der Waals surface area (Å²) in [5.74, 6) is 2.49. The molecule has 0 aromatic carbocycles. The highest BCUT2D eigenvalue weighted by Crippen LogP contribution is 2.20. The molecule has 0 aliphatic carbocycles. The molecule has 0 spiro atoms. The van der Waals surface area contributed by atoms with Crippen molar-refractivity contribution in [1.82, 2.24) is 4.98 Å². The van der Waals surface area contributed by atoms with Gasteiger partial charge in [-0.1, -0.05) is 27.7 Å². The average Bonchev–Trinajstić information content (AvgIpc) is 2.40. The summed E-state index contributed by atoms with van der Waals surface area (Å²) < 4.78 is 0. The third-order valence-electron chi connectivity index (χ3n) is 3.72. The molecule has 1 heterocycles. The number of anilines is 2. The fourth-order valence-corrected chi connectivity index (χ4v) is 2.79. The third-order valence-corrected chi connectivity index (χ3v) is 3.72. The van der Waals surface area contributed by atoms with Gasteiger partial charge < -0.3 is 10.2 Å². The Hall–Kier alpha value is -1.25. The van der Waals surface area contributed by atoms with E-state index in [1.165, 1.54) is 12.8 Å². The Morgan fingerprint density at radius 1 is 1.00 bits per heavy atom. The summed E-state index contributed by atoms with van der Waals surface area (Å²) in [5.41, 5.74) is 1.14. The van der Waals surface area contributed by atoms with E-state index >= 15 is 0 Å². The number of nitrogens with one attached hydrogen (secondary N) is 1. The molecule has 1 rings (SSSR count). The molecule has 0 fully saturated rings. The molecule has 3 nitrogen and oxygen atoms in total. The van der Waals surface area contributed by atoms with Crippen LogP contribution in [0.5, 0.6) is 0 Å². The van der Waals surface area contributed by atoms with Gasteiger partial charge in [-0.25, -0.2) is 4.98 Å². The summed E-state index contributed by atoms with van der Waals surface area (Å²) in [4.78, 5) is 6.86. The molecular weight excluding hydrogens is 258 g/mol. The van der Waals surface area contributed by atoms with Crippen molar-refractivity contribution in [3.05, 3.63) is 18.3 Å². The molecule has 0 radical (unpaired) electrons. The molecule has 0 atom stereocenters. The number of pyridine rings is 1. The Morgan fingerprint density at radius 2 is 1.57 bits per heavy atom. The fourth-order valence-electron chi connectivity index (χ4n) is 2.79. The predicted octanol–water partition coefficient (Wildman–Crippen LogP) is 4.80. The van der Waals surface area contributed by atoms with Gasteiger partial charge in [0.1, 0.15) is 5.82 Å². The van der Waals surface area contributed by atoms with E-state index in [0.29, 0.717) is 17.9 Å². The van der Waals surface area contributed by atoms with E-state index in [4.69, 9.17) is 0 Å². The van der Waals surface area contributed by atoms with Crippen LogP contribution in [0.1, 0.15) is 54.4 Å². The van der Waals surface area contributed by atoms with Gasteiger partial charge in [0.15, 0.2) is 0 Å². The van der Waals surface area contributed by atoms with Crippen LogP contribution < -0.4 is 10.2 Å². The molecule has 3 heteroatoms. The SMILES string of the molecule is CCN(CC)c1ccc(NC(CC(C)C)CC(C)C)cn1. The Kier molecular flexibility index (Phi) is 7.55. The van der Waals surface area contributed by atoms with Gasteiger partial charge in [0.25, 0.3) is 0 Å². The zero-order chi connectivity index (χ0) is 15.8. The molecular formula is C18H33N3. The van der Waals surface area contributed by atoms with Gasteiger partial charge >= 0.3 is 0 Å². The molecule has 1 aromatic heterocycles.